The molecule has 0 saturated carbocycles. The molecule has 2 N–H and O–H groups in total. The number of aromatic nitrogens is 1. The van der Waals surface area contributed by atoms with Crippen LogP contribution >= 0.6 is 15.9 Å². The van der Waals surface area contributed by atoms with Gasteiger partial charge in [-0.2, -0.15) is 0 Å². The van der Waals surface area contributed by atoms with Gasteiger partial charge in [0.15, 0.2) is 0 Å². The van der Waals surface area contributed by atoms with Crippen molar-refractivity contribution in [3.63, 3.8) is 0 Å². The van der Waals surface area contributed by atoms with E-state index in [4.69, 9.17) is 0 Å². The number of halogens is 1. The molecule has 1 aromatic carbocycles. The largest absolute Gasteiger partial charge is 0.373 e. The molecule has 0 amide bonds. The van der Waals surface area contributed by atoms with E-state index < -0.39 is 4.92 Å². The van der Waals surface area contributed by atoms with Crippen molar-refractivity contribution in [2.75, 3.05) is 17.7 Å². The minimum absolute atomic E-state index is 0.0595. The van der Waals surface area contributed by atoms with Gasteiger partial charge in [0.25, 0.3) is 0 Å². The van der Waals surface area contributed by atoms with Gasteiger partial charge in [0.1, 0.15) is 5.82 Å². The molecule has 0 unspecified atom stereocenters. The number of pyridine rings is 1. The third-order valence-electron chi connectivity index (χ3n) is 3.07. The van der Waals surface area contributed by atoms with E-state index in [1.165, 1.54) is 6.07 Å². The number of aryl methyl sites for hydroxylation is 2. The van der Waals surface area contributed by atoms with Crippen LogP contribution in [0.4, 0.5) is 23.0 Å². The first-order valence-electron chi connectivity index (χ1n) is 6.29. The molecule has 0 atom stereocenters. The normalized spacial score (nSPS) is 10.3. The topological polar surface area (TPSA) is 80.1 Å². The number of nitro groups is 1. The minimum Gasteiger partial charge on any atom is -0.373 e. The summed E-state index contributed by atoms with van der Waals surface area (Å²) < 4.78 is 0.967. The van der Waals surface area contributed by atoms with Crippen LogP contribution in [0.3, 0.4) is 0 Å². The smallest absolute Gasteiger partial charge is 0.311 e. The summed E-state index contributed by atoms with van der Waals surface area (Å²) in [5, 5.41) is 17.1. The molecule has 0 saturated heterocycles. The minimum atomic E-state index is -0.446. The Morgan fingerprint density at radius 3 is 2.38 bits per heavy atom. The summed E-state index contributed by atoms with van der Waals surface area (Å²) in [7, 11) is 1.72. The SMILES string of the molecule is CNc1ccc([N+](=O)[O-])c(Nc2c(C)cc(Br)cc2C)n1. The third kappa shape index (κ3) is 3.30. The summed E-state index contributed by atoms with van der Waals surface area (Å²) in [6.45, 7) is 3.88. The second kappa shape index (κ2) is 6.09. The van der Waals surface area contributed by atoms with E-state index >= 15 is 0 Å². The molecule has 0 aliphatic rings. The van der Waals surface area contributed by atoms with Crippen molar-refractivity contribution < 1.29 is 4.92 Å². The average molecular weight is 351 g/mol. The zero-order chi connectivity index (χ0) is 15.6. The third-order valence-corrected chi connectivity index (χ3v) is 3.53. The molecule has 0 fully saturated rings. The van der Waals surface area contributed by atoms with Gasteiger partial charge in [-0.1, -0.05) is 15.9 Å². The predicted molar refractivity (Wildman–Crippen MR) is 87.3 cm³/mol. The molecule has 1 heterocycles. The van der Waals surface area contributed by atoms with Crippen molar-refractivity contribution in [3.05, 3.63) is 50.0 Å². The van der Waals surface area contributed by atoms with Gasteiger partial charge in [-0.15, -0.1) is 0 Å². The van der Waals surface area contributed by atoms with E-state index in [9.17, 15) is 10.1 Å². The van der Waals surface area contributed by atoms with Crippen molar-refractivity contribution >= 4 is 38.9 Å². The molecule has 0 bridgehead atoms. The number of benzene rings is 1. The Hall–Kier alpha value is -2.15. The Kier molecular flexibility index (Phi) is 4.42. The average Bonchev–Trinajstić information content (AvgIpc) is 2.42. The molecule has 21 heavy (non-hydrogen) atoms. The van der Waals surface area contributed by atoms with Crippen LogP contribution in [0.5, 0.6) is 0 Å². The Balaban J connectivity index is 2.50. The fraction of sp³-hybridized carbons (Fsp3) is 0.214. The first-order chi connectivity index (χ1) is 9.92. The molecular formula is C14H15BrN4O2. The maximum Gasteiger partial charge on any atom is 0.311 e. The van der Waals surface area contributed by atoms with Crippen LogP contribution in [-0.2, 0) is 0 Å². The van der Waals surface area contributed by atoms with Gasteiger partial charge in [-0.05, 0) is 43.2 Å². The summed E-state index contributed by atoms with van der Waals surface area (Å²) in [4.78, 5) is 14.9. The number of anilines is 3. The van der Waals surface area contributed by atoms with Gasteiger partial charge < -0.3 is 10.6 Å². The van der Waals surface area contributed by atoms with Crippen LogP contribution in [0, 0.1) is 24.0 Å². The summed E-state index contributed by atoms with van der Waals surface area (Å²) in [6.07, 6.45) is 0. The molecule has 6 nitrogen and oxygen atoms in total. The second-order valence-corrected chi connectivity index (χ2v) is 5.53. The van der Waals surface area contributed by atoms with E-state index in [1.54, 1.807) is 13.1 Å². The van der Waals surface area contributed by atoms with E-state index in [0.29, 0.717) is 5.82 Å². The van der Waals surface area contributed by atoms with Gasteiger partial charge >= 0.3 is 5.69 Å². The highest BCUT2D eigenvalue weighted by molar-refractivity contribution is 9.10. The van der Waals surface area contributed by atoms with Crippen LogP contribution in [0.2, 0.25) is 0 Å². The monoisotopic (exact) mass is 350 g/mol. The second-order valence-electron chi connectivity index (χ2n) is 4.61. The molecule has 2 rings (SSSR count). The highest BCUT2D eigenvalue weighted by atomic mass is 79.9. The molecule has 0 aliphatic heterocycles. The van der Waals surface area contributed by atoms with Crippen LogP contribution in [0.15, 0.2) is 28.7 Å². The van der Waals surface area contributed by atoms with Crippen molar-refractivity contribution in [1.82, 2.24) is 4.98 Å². The molecule has 0 spiro atoms. The van der Waals surface area contributed by atoms with Crippen molar-refractivity contribution in [2.45, 2.75) is 13.8 Å². The fourth-order valence-corrected chi connectivity index (χ4v) is 2.74. The number of rotatable bonds is 4. The lowest BCUT2D eigenvalue weighted by atomic mass is 10.1. The number of hydrogen-bond donors (Lipinski definition) is 2. The highest BCUT2D eigenvalue weighted by Gasteiger charge is 2.17. The molecule has 0 aliphatic carbocycles. The van der Waals surface area contributed by atoms with Gasteiger partial charge in [-0.25, -0.2) is 4.98 Å². The lowest BCUT2D eigenvalue weighted by Gasteiger charge is -2.13. The Bertz CT molecular complexity index is 680. The van der Waals surface area contributed by atoms with Crippen molar-refractivity contribution in [2.24, 2.45) is 0 Å². The molecular weight excluding hydrogens is 336 g/mol. The van der Waals surface area contributed by atoms with Crippen LogP contribution in [-0.4, -0.2) is 17.0 Å². The molecule has 2 aromatic rings. The predicted octanol–water partition coefficient (Wildman–Crippen LogP) is 4.15. The zero-order valence-electron chi connectivity index (χ0n) is 11.9. The standard InChI is InChI=1S/C14H15BrN4O2/c1-8-6-10(15)7-9(2)13(8)18-14-11(19(20)21)4-5-12(16-3)17-14/h4-7H,1-3H3,(H2,16,17,18). The van der Waals surface area contributed by atoms with E-state index in [0.717, 1.165) is 21.3 Å². The highest BCUT2D eigenvalue weighted by Crippen LogP contribution is 2.32. The van der Waals surface area contributed by atoms with E-state index in [2.05, 4.69) is 31.5 Å². The lowest BCUT2D eigenvalue weighted by Crippen LogP contribution is -2.04. The molecule has 0 radical (unpaired) electrons. The van der Waals surface area contributed by atoms with Crippen LogP contribution in [0.1, 0.15) is 11.1 Å². The summed E-state index contributed by atoms with van der Waals surface area (Å²) in [5.41, 5.74) is 2.72. The van der Waals surface area contributed by atoms with E-state index in [1.807, 2.05) is 26.0 Å². The first kappa shape index (κ1) is 15.2. The first-order valence-corrected chi connectivity index (χ1v) is 7.08. The Morgan fingerprint density at radius 2 is 1.86 bits per heavy atom. The van der Waals surface area contributed by atoms with Gasteiger partial charge in [-0.3, -0.25) is 10.1 Å². The van der Waals surface area contributed by atoms with Gasteiger partial charge in [0, 0.05) is 23.3 Å². The van der Waals surface area contributed by atoms with Crippen LogP contribution in [0.25, 0.3) is 0 Å². The number of hydrogen-bond acceptors (Lipinski definition) is 5. The molecule has 110 valence electrons. The lowest BCUT2D eigenvalue weighted by molar-refractivity contribution is -0.384. The van der Waals surface area contributed by atoms with Gasteiger partial charge in [0.2, 0.25) is 5.82 Å². The summed E-state index contributed by atoms with van der Waals surface area (Å²) in [6, 6.07) is 6.90. The Morgan fingerprint density at radius 1 is 1.24 bits per heavy atom. The van der Waals surface area contributed by atoms with Gasteiger partial charge in [0.05, 0.1) is 4.92 Å². The summed E-state index contributed by atoms with van der Waals surface area (Å²) in [5.74, 6) is 0.788. The number of nitrogens with zero attached hydrogens (tertiary/aromatic N) is 2. The zero-order valence-corrected chi connectivity index (χ0v) is 13.5. The quantitative estimate of drug-likeness (QED) is 0.639. The van der Waals surface area contributed by atoms with Crippen molar-refractivity contribution in [1.29, 1.82) is 0 Å². The molecule has 7 heteroatoms. The molecule has 1 aromatic heterocycles. The fourth-order valence-electron chi connectivity index (χ4n) is 2.06. The van der Waals surface area contributed by atoms with E-state index in [-0.39, 0.29) is 11.5 Å². The summed E-state index contributed by atoms with van der Waals surface area (Å²) >= 11 is 3.43. The maximum absolute atomic E-state index is 11.1. The van der Waals surface area contributed by atoms with Crippen LogP contribution < -0.4 is 10.6 Å². The maximum atomic E-state index is 11.1. The number of nitrogens with one attached hydrogen (secondary N) is 2. The van der Waals surface area contributed by atoms with Crippen molar-refractivity contribution in [3.8, 4) is 0 Å². The Labute approximate surface area is 130 Å².